The van der Waals surface area contributed by atoms with Crippen molar-refractivity contribution in [3.63, 3.8) is 0 Å². The van der Waals surface area contributed by atoms with Gasteiger partial charge in [0.05, 0.1) is 6.61 Å². The maximum absolute atomic E-state index is 10.6. The maximum Gasteiger partial charge on any atom is 0.330 e. The fourth-order valence-corrected chi connectivity index (χ4v) is 1.30. The molecule has 1 atom stereocenters. The molecule has 2 heteroatoms. The van der Waals surface area contributed by atoms with Crippen molar-refractivity contribution >= 4 is 5.97 Å². The molecular weight excluding hydrogens is 164 g/mol. The highest BCUT2D eigenvalue weighted by Gasteiger charge is 2.01. The van der Waals surface area contributed by atoms with E-state index in [9.17, 15) is 4.79 Å². The summed E-state index contributed by atoms with van der Waals surface area (Å²) in [5.41, 5.74) is 0. The van der Waals surface area contributed by atoms with Crippen molar-refractivity contribution in [3.05, 3.63) is 12.7 Å². The quantitative estimate of drug-likeness (QED) is 0.345. The van der Waals surface area contributed by atoms with Gasteiger partial charge in [0, 0.05) is 6.08 Å². The second-order valence-electron chi connectivity index (χ2n) is 3.41. The van der Waals surface area contributed by atoms with Gasteiger partial charge in [-0.05, 0) is 18.8 Å². The fraction of sp³-hybridized carbons (Fsp3) is 0.727. The van der Waals surface area contributed by atoms with Crippen LogP contribution in [0.5, 0.6) is 0 Å². The molecule has 0 bridgehead atoms. The van der Waals surface area contributed by atoms with Gasteiger partial charge < -0.3 is 4.74 Å². The lowest BCUT2D eigenvalue weighted by Crippen LogP contribution is -2.03. The first kappa shape index (κ1) is 12.2. The smallest absolute Gasteiger partial charge is 0.330 e. The molecule has 2 nitrogen and oxygen atoms in total. The topological polar surface area (TPSA) is 26.3 Å². The highest BCUT2D eigenvalue weighted by Crippen LogP contribution is 2.11. The average molecular weight is 184 g/mol. The predicted molar refractivity (Wildman–Crippen MR) is 54.5 cm³/mol. The molecule has 0 N–H and O–H groups in total. The van der Waals surface area contributed by atoms with Gasteiger partial charge in [-0.15, -0.1) is 0 Å². The van der Waals surface area contributed by atoms with Gasteiger partial charge in [0.2, 0.25) is 0 Å². The largest absolute Gasteiger partial charge is 0.463 e. The lowest BCUT2D eigenvalue weighted by Gasteiger charge is -2.08. The number of carbonyl (C=O) groups excluding carboxylic acids is 1. The van der Waals surface area contributed by atoms with Gasteiger partial charge in [-0.3, -0.25) is 0 Å². The third-order valence-corrected chi connectivity index (χ3v) is 2.03. The molecule has 0 fully saturated rings. The molecule has 0 heterocycles. The lowest BCUT2D eigenvalue weighted by atomic mass is 10.0. The molecule has 0 rings (SSSR count). The summed E-state index contributed by atoms with van der Waals surface area (Å²) in [7, 11) is 0. The molecule has 0 saturated heterocycles. The molecule has 1 unspecified atom stereocenters. The molecule has 0 aromatic carbocycles. The van der Waals surface area contributed by atoms with E-state index in [-0.39, 0.29) is 5.97 Å². The zero-order chi connectivity index (χ0) is 10.1. The predicted octanol–water partition coefficient (Wildman–Crippen LogP) is 2.93. The SMILES string of the molecule is C=CC(=O)OCCCC(C)CCC. The third kappa shape index (κ3) is 7.57. The van der Waals surface area contributed by atoms with Crippen LogP contribution in [0.4, 0.5) is 0 Å². The zero-order valence-corrected chi connectivity index (χ0v) is 8.71. The van der Waals surface area contributed by atoms with E-state index in [0.717, 1.165) is 18.8 Å². The Morgan fingerprint density at radius 2 is 2.23 bits per heavy atom. The molecule has 0 spiro atoms. The third-order valence-electron chi connectivity index (χ3n) is 2.03. The van der Waals surface area contributed by atoms with Gasteiger partial charge in [0.1, 0.15) is 0 Å². The second-order valence-corrected chi connectivity index (χ2v) is 3.41. The van der Waals surface area contributed by atoms with Crippen molar-refractivity contribution < 1.29 is 9.53 Å². The van der Waals surface area contributed by atoms with Gasteiger partial charge in [0.15, 0.2) is 0 Å². The van der Waals surface area contributed by atoms with Crippen molar-refractivity contribution in [3.8, 4) is 0 Å². The molecular formula is C11H20O2. The highest BCUT2D eigenvalue weighted by atomic mass is 16.5. The molecule has 0 saturated carbocycles. The Morgan fingerprint density at radius 3 is 2.77 bits per heavy atom. The minimum atomic E-state index is -0.317. The zero-order valence-electron chi connectivity index (χ0n) is 8.71. The number of carbonyl (C=O) groups is 1. The Bertz CT molecular complexity index is 152. The molecule has 13 heavy (non-hydrogen) atoms. The van der Waals surface area contributed by atoms with Crippen LogP contribution in [0, 0.1) is 5.92 Å². The molecule has 0 radical (unpaired) electrons. The van der Waals surface area contributed by atoms with Crippen molar-refractivity contribution in [1.82, 2.24) is 0 Å². The number of hydrogen-bond acceptors (Lipinski definition) is 2. The van der Waals surface area contributed by atoms with Gasteiger partial charge >= 0.3 is 5.97 Å². The fourth-order valence-electron chi connectivity index (χ4n) is 1.30. The molecule has 0 aromatic heterocycles. The maximum atomic E-state index is 10.6. The molecule has 0 aromatic rings. The van der Waals surface area contributed by atoms with E-state index < -0.39 is 0 Å². The van der Waals surface area contributed by atoms with Gasteiger partial charge in [0.25, 0.3) is 0 Å². The standard InChI is InChI=1S/C11H20O2/c1-4-7-10(3)8-6-9-13-11(12)5-2/h5,10H,2,4,6-9H2,1,3H3. The summed E-state index contributed by atoms with van der Waals surface area (Å²) in [5, 5.41) is 0. The Balaban J connectivity index is 3.24. The summed E-state index contributed by atoms with van der Waals surface area (Å²) in [4.78, 5) is 10.6. The average Bonchev–Trinajstić information content (AvgIpc) is 2.12. The molecule has 0 aliphatic heterocycles. The van der Waals surface area contributed by atoms with Crippen LogP contribution in [0.15, 0.2) is 12.7 Å². The van der Waals surface area contributed by atoms with E-state index in [2.05, 4.69) is 20.4 Å². The monoisotopic (exact) mass is 184 g/mol. The number of esters is 1. The summed E-state index contributed by atoms with van der Waals surface area (Å²) < 4.78 is 4.86. The van der Waals surface area contributed by atoms with Crippen molar-refractivity contribution in [2.24, 2.45) is 5.92 Å². The Labute approximate surface area is 81.0 Å². The van der Waals surface area contributed by atoms with Crippen LogP contribution in [-0.4, -0.2) is 12.6 Å². The highest BCUT2D eigenvalue weighted by molar-refractivity contribution is 5.81. The van der Waals surface area contributed by atoms with Crippen LogP contribution in [0.2, 0.25) is 0 Å². The van der Waals surface area contributed by atoms with E-state index in [1.165, 1.54) is 18.9 Å². The first-order chi connectivity index (χ1) is 6.20. The Morgan fingerprint density at radius 1 is 1.54 bits per heavy atom. The van der Waals surface area contributed by atoms with Crippen LogP contribution >= 0.6 is 0 Å². The number of rotatable bonds is 7. The van der Waals surface area contributed by atoms with E-state index in [4.69, 9.17) is 4.74 Å². The molecule has 76 valence electrons. The summed E-state index contributed by atoms with van der Waals surface area (Å²) in [6, 6.07) is 0. The van der Waals surface area contributed by atoms with Crippen molar-refractivity contribution in [2.45, 2.75) is 39.5 Å². The Hall–Kier alpha value is -0.790. The van der Waals surface area contributed by atoms with Crippen LogP contribution in [-0.2, 0) is 9.53 Å². The minimum absolute atomic E-state index is 0.317. The van der Waals surface area contributed by atoms with E-state index >= 15 is 0 Å². The van der Waals surface area contributed by atoms with Gasteiger partial charge in [-0.2, -0.15) is 0 Å². The number of ether oxygens (including phenoxy) is 1. The Kier molecular flexibility index (Phi) is 7.36. The summed E-state index contributed by atoms with van der Waals surface area (Å²) in [5.74, 6) is 0.426. The molecule has 0 aliphatic rings. The first-order valence-electron chi connectivity index (χ1n) is 4.99. The lowest BCUT2D eigenvalue weighted by molar-refractivity contribution is -0.137. The second kappa shape index (κ2) is 7.84. The number of hydrogen-bond donors (Lipinski definition) is 0. The van der Waals surface area contributed by atoms with E-state index in [1.807, 2.05) is 0 Å². The normalized spacial score (nSPS) is 12.2. The van der Waals surface area contributed by atoms with E-state index in [0.29, 0.717) is 6.61 Å². The minimum Gasteiger partial charge on any atom is -0.463 e. The van der Waals surface area contributed by atoms with Crippen molar-refractivity contribution in [1.29, 1.82) is 0 Å². The van der Waals surface area contributed by atoms with E-state index in [1.54, 1.807) is 0 Å². The molecule has 0 amide bonds. The molecule has 0 aliphatic carbocycles. The van der Waals surface area contributed by atoms with Crippen LogP contribution in [0.3, 0.4) is 0 Å². The van der Waals surface area contributed by atoms with Crippen LogP contribution in [0.25, 0.3) is 0 Å². The van der Waals surface area contributed by atoms with Gasteiger partial charge in [-0.1, -0.05) is 33.3 Å². The van der Waals surface area contributed by atoms with Crippen LogP contribution < -0.4 is 0 Å². The van der Waals surface area contributed by atoms with Crippen LogP contribution in [0.1, 0.15) is 39.5 Å². The summed E-state index contributed by atoms with van der Waals surface area (Å²) in [6.07, 6.45) is 5.79. The van der Waals surface area contributed by atoms with Crippen molar-refractivity contribution in [2.75, 3.05) is 6.61 Å². The first-order valence-corrected chi connectivity index (χ1v) is 4.99. The summed E-state index contributed by atoms with van der Waals surface area (Å²) >= 11 is 0. The summed E-state index contributed by atoms with van der Waals surface area (Å²) in [6.45, 7) is 8.28. The van der Waals surface area contributed by atoms with Gasteiger partial charge in [-0.25, -0.2) is 4.79 Å².